The maximum Gasteiger partial charge on any atom is 0.453 e. The lowest BCUT2D eigenvalue weighted by Gasteiger charge is -2.29. The lowest BCUT2D eigenvalue weighted by atomic mass is 9.81. The molecule has 0 spiro atoms. The molecule has 0 bridgehead atoms. The Morgan fingerprint density at radius 2 is 0.806 bits per heavy atom. The third kappa shape index (κ3) is 10.7. The maximum absolute atomic E-state index is 7.13. The molecule has 7 rings (SSSR count). The van der Waals surface area contributed by atoms with Crippen molar-refractivity contribution in [3.63, 3.8) is 0 Å². The van der Waals surface area contributed by atoms with Crippen LogP contribution in [0.5, 0.6) is 40.2 Å². The van der Waals surface area contributed by atoms with Crippen LogP contribution in [0, 0.1) is 0 Å². The Kier molecular flexibility index (Phi) is 14.0. The van der Waals surface area contributed by atoms with E-state index in [4.69, 9.17) is 40.9 Å². The molecule has 67 heavy (non-hydrogen) atoms. The molecule has 9 nitrogen and oxygen atoms in total. The summed E-state index contributed by atoms with van der Waals surface area (Å²) in [5.41, 5.74) is 7.15. The van der Waals surface area contributed by atoms with Gasteiger partial charge in [-0.3, -0.25) is 0 Å². The average Bonchev–Trinajstić information content (AvgIpc) is 3.43. The molecule has 0 N–H and O–H groups in total. The number of hydrogen-bond donors (Lipinski definition) is 0. The van der Waals surface area contributed by atoms with Crippen LogP contribution in [0.4, 0.5) is 0 Å². The summed E-state index contributed by atoms with van der Waals surface area (Å²) in [6.45, 7) is 26.0. The second kappa shape index (κ2) is 19.1. The van der Waals surface area contributed by atoms with Crippen molar-refractivity contribution in [1.82, 2.24) is 0 Å². The van der Waals surface area contributed by atoms with Gasteiger partial charge in [0.1, 0.15) is 51.4 Å². The van der Waals surface area contributed by atoms with Crippen LogP contribution < -0.4 is 32.5 Å². The van der Waals surface area contributed by atoms with Gasteiger partial charge in [-0.05, 0) is 93.5 Å². The molecule has 0 fully saturated rings. The van der Waals surface area contributed by atoms with Gasteiger partial charge in [0.05, 0.1) is 28.4 Å². The molecule has 0 saturated heterocycles. The van der Waals surface area contributed by atoms with Gasteiger partial charge >= 0.3 is 8.24 Å². The topological polar surface area (TPSA) is 90.9 Å². The third-order valence-corrected chi connectivity index (χ3v) is 13.4. The minimum atomic E-state index is -2.04. The monoisotopic (exact) mass is 944 g/mol. The Hall–Kier alpha value is -5.75. The molecule has 0 radical (unpaired) electrons. The number of ether oxygens (including phenoxy) is 4. The lowest BCUT2D eigenvalue weighted by molar-refractivity contribution is 0.408. The summed E-state index contributed by atoms with van der Waals surface area (Å²) in [5, 5.41) is 1.85. The van der Waals surface area contributed by atoms with Crippen molar-refractivity contribution >= 4 is 39.2 Å². The van der Waals surface area contributed by atoms with E-state index in [1.54, 1.807) is 28.4 Å². The highest BCUT2D eigenvalue weighted by Crippen LogP contribution is 2.54. The van der Waals surface area contributed by atoms with Crippen molar-refractivity contribution in [2.45, 2.75) is 105 Å². The molecule has 6 aromatic carbocycles. The summed E-state index contributed by atoms with van der Waals surface area (Å²) in [7, 11) is 4.21. The van der Waals surface area contributed by atoms with Crippen LogP contribution in [0.15, 0.2) is 112 Å². The van der Waals surface area contributed by atoms with E-state index in [9.17, 15) is 0 Å². The molecule has 11 heteroatoms. The second-order valence-corrected chi connectivity index (χ2v) is 22.5. The van der Waals surface area contributed by atoms with Gasteiger partial charge < -0.3 is 40.9 Å². The number of rotatable bonds is 12. The Labute approximate surface area is 399 Å². The molecule has 1 heterocycles. The Balaban J connectivity index is 1.45. The van der Waals surface area contributed by atoms with E-state index < -0.39 is 28.1 Å². The van der Waals surface area contributed by atoms with E-state index in [2.05, 4.69) is 101 Å². The molecule has 0 saturated carbocycles. The van der Waals surface area contributed by atoms with Crippen LogP contribution in [0.1, 0.15) is 105 Å². The van der Waals surface area contributed by atoms with Crippen LogP contribution >= 0.6 is 17.3 Å². The Morgan fingerprint density at radius 3 is 1.24 bits per heavy atom. The highest BCUT2D eigenvalue weighted by molar-refractivity contribution is 7.32. The fourth-order valence-corrected chi connectivity index (χ4v) is 9.75. The van der Waals surface area contributed by atoms with Crippen molar-refractivity contribution in [1.29, 1.82) is 0 Å². The fraction of sp³-hybridized carbons (Fsp3) is 0.357. The summed E-state index contributed by atoms with van der Waals surface area (Å²) in [4.78, 5) is 0. The minimum Gasteiger partial charge on any atom is -0.497 e. The van der Waals surface area contributed by atoms with Crippen LogP contribution in [-0.2, 0) is 21.7 Å². The SMILES string of the molecule is COc1cc(-c2cc(OC)cc(C(C)(C)C)c2OPOc2c(-c3cc(OC)cc(C(C)(C)C)c3Op3oc4ccccc4c4ccccc4o3)cc(OC)cc2C(C)(C)C)cc(C(C)(C)C)c1. The number of hydrogen-bond acceptors (Lipinski definition) is 9. The average molecular weight is 945 g/mol. The first-order valence-electron chi connectivity index (χ1n) is 22.5. The van der Waals surface area contributed by atoms with Crippen molar-refractivity contribution in [2.75, 3.05) is 28.4 Å². The molecule has 354 valence electrons. The number of fused-ring (bicyclic) bond motifs is 3. The molecule has 1 unspecified atom stereocenters. The Bertz CT molecular complexity index is 2900. The predicted molar refractivity (Wildman–Crippen MR) is 277 cm³/mol. The second-order valence-electron chi connectivity index (χ2n) is 20.9. The van der Waals surface area contributed by atoms with E-state index in [1.165, 1.54) is 0 Å². The molecule has 0 amide bonds. The predicted octanol–water partition coefficient (Wildman–Crippen LogP) is 16.7. The normalized spacial score (nSPS) is 12.4. The smallest absolute Gasteiger partial charge is 0.453 e. The lowest BCUT2D eigenvalue weighted by Crippen LogP contribution is -2.15. The zero-order valence-electron chi connectivity index (χ0n) is 41.9. The highest BCUT2D eigenvalue weighted by Gasteiger charge is 2.32. The first kappa shape index (κ1) is 49.2. The summed E-state index contributed by atoms with van der Waals surface area (Å²) in [6.07, 6.45) is 0. The van der Waals surface area contributed by atoms with E-state index in [1.807, 2.05) is 84.9 Å². The van der Waals surface area contributed by atoms with Crippen molar-refractivity contribution < 1.29 is 40.9 Å². The van der Waals surface area contributed by atoms with Crippen LogP contribution in [0.3, 0.4) is 0 Å². The molecule has 0 aliphatic heterocycles. The zero-order chi connectivity index (χ0) is 48.6. The van der Waals surface area contributed by atoms with Crippen molar-refractivity contribution in [3.8, 4) is 62.5 Å². The van der Waals surface area contributed by atoms with Crippen LogP contribution in [0.25, 0.3) is 44.2 Å². The number of benzene rings is 6. The van der Waals surface area contributed by atoms with Gasteiger partial charge in [-0.15, -0.1) is 0 Å². The molecule has 0 aliphatic carbocycles. The van der Waals surface area contributed by atoms with Gasteiger partial charge in [0.2, 0.25) is 0 Å². The standard InChI is InChI=1S/C56H66O9P2/c1-53(2,3)35-25-34(26-36(27-35)57-13)42-28-37(58-14)31-45(54(4,5)6)50(42)61-66-62-51-43(29-38(59-15)32-46(51)55(7,8)9)44-30-39(60-16)33-47(56(10,11)12)52(44)65-67-63-48-23-19-17-21-40(48)41-22-18-20-24-49(41)64-67/h17-33,66H,1-16H3. The van der Waals surface area contributed by atoms with Crippen molar-refractivity contribution in [2.24, 2.45) is 0 Å². The number of para-hydroxylation sites is 2. The molecular formula is C56H66O9P2. The van der Waals surface area contributed by atoms with Gasteiger partial charge in [-0.1, -0.05) is 126 Å². The molecule has 1 atom stereocenters. The summed E-state index contributed by atoms with van der Waals surface area (Å²) in [5.74, 6) is 4.65. The first-order valence-corrected chi connectivity index (χ1v) is 24.4. The quantitative estimate of drug-likeness (QED) is 0.111. The minimum absolute atomic E-state index is 0.144. The van der Waals surface area contributed by atoms with E-state index in [0.29, 0.717) is 45.5 Å². The summed E-state index contributed by atoms with van der Waals surface area (Å²) >= 11 is 0. The largest absolute Gasteiger partial charge is 0.497 e. The van der Waals surface area contributed by atoms with Gasteiger partial charge in [0.25, 0.3) is 9.03 Å². The Morgan fingerprint density at radius 1 is 0.418 bits per heavy atom. The maximum atomic E-state index is 7.13. The van der Waals surface area contributed by atoms with Crippen LogP contribution in [0.2, 0.25) is 0 Å². The van der Waals surface area contributed by atoms with Gasteiger partial charge in [0, 0.05) is 44.2 Å². The first-order chi connectivity index (χ1) is 31.5. The van der Waals surface area contributed by atoms with Gasteiger partial charge in [-0.2, -0.15) is 0 Å². The summed E-state index contributed by atoms with van der Waals surface area (Å²) < 4.78 is 58.4. The molecule has 7 aromatic rings. The van der Waals surface area contributed by atoms with E-state index in [-0.39, 0.29) is 10.8 Å². The summed E-state index contributed by atoms with van der Waals surface area (Å²) in [6, 6.07) is 34.3. The third-order valence-electron chi connectivity index (χ3n) is 11.8. The van der Waals surface area contributed by atoms with Gasteiger partial charge in [0.15, 0.2) is 0 Å². The van der Waals surface area contributed by atoms with E-state index >= 15 is 0 Å². The number of methoxy groups -OCH3 is 4. The van der Waals surface area contributed by atoms with Crippen LogP contribution in [-0.4, -0.2) is 28.4 Å². The van der Waals surface area contributed by atoms with Gasteiger partial charge in [-0.25, -0.2) is 0 Å². The van der Waals surface area contributed by atoms with E-state index in [0.717, 1.165) is 61.2 Å². The highest BCUT2D eigenvalue weighted by atomic mass is 31.1. The zero-order valence-corrected chi connectivity index (χ0v) is 43.8. The molecule has 0 aliphatic rings. The fourth-order valence-electron chi connectivity index (χ4n) is 8.00. The van der Waals surface area contributed by atoms with Crippen molar-refractivity contribution in [3.05, 3.63) is 125 Å². The molecule has 1 aromatic heterocycles. The molecular weight excluding hydrogens is 879 g/mol.